The van der Waals surface area contributed by atoms with Crippen molar-refractivity contribution in [3.8, 4) is 0 Å². The lowest BCUT2D eigenvalue weighted by Gasteiger charge is -2.33. The average molecular weight is 245 g/mol. The van der Waals surface area contributed by atoms with Gasteiger partial charge >= 0.3 is 5.97 Å². The zero-order chi connectivity index (χ0) is 13.1. The summed E-state index contributed by atoms with van der Waals surface area (Å²) in [5.41, 5.74) is 2.19. The molecule has 0 aliphatic heterocycles. The molecule has 1 aromatic rings. The highest BCUT2D eigenvalue weighted by Crippen LogP contribution is 2.36. The van der Waals surface area contributed by atoms with Crippen LogP contribution in [0.3, 0.4) is 0 Å². The summed E-state index contributed by atoms with van der Waals surface area (Å²) in [6, 6.07) is 7.76. The van der Waals surface area contributed by atoms with Crippen molar-refractivity contribution in [1.29, 1.82) is 0 Å². The van der Waals surface area contributed by atoms with Crippen molar-refractivity contribution < 1.29 is 14.7 Å². The first-order valence-electron chi connectivity index (χ1n) is 5.82. The van der Waals surface area contributed by atoms with Crippen LogP contribution in [0.2, 0.25) is 0 Å². The Morgan fingerprint density at radius 1 is 1.44 bits per heavy atom. The van der Waals surface area contributed by atoms with Crippen LogP contribution < -0.4 is 0 Å². The lowest BCUT2D eigenvalue weighted by molar-refractivity contribution is -0.144. The second-order valence-electron chi connectivity index (χ2n) is 4.36. The molecule has 0 radical (unpaired) electrons. The standard InChI is InChI=1S/C14H15NO3/c1-2-7-15(9-13(16)17)14(18)12-8-10-5-3-4-6-11(10)12/h2-6,12H,1,7-9H2,(H,16,17). The van der Waals surface area contributed by atoms with Gasteiger partial charge in [-0.2, -0.15) is 0 Å². The number of fused-ring (bicyclic) bond motifs is 1. The van der Waals surface area contributed by atoms with Gasteiger partial charge in [0.05, 0.1) is 5.92 Å². The molecule has 1 aliphatic carbocycles. The van der Waals surface area contributed by atoms with E-state index in [1.807, 2.05) is 24.3 Å². The predicted octanol–water partition coefficient (Wildman–Crippen LogP) is 1.43. The molecule has 0 fully saturated rings. The van der Waals surface area contributed by atoms with Gasteiger partial charge in [-0.15, -0.1) is 6.58 Å². The van der Waals surface area contributed by atoms with Gasteiger partial charge in [-0.05, 0) is 17.5 Å². The Hall–Kier alpha value is -2.10. The summed E-state index contributed by atoms with van der Waals surface area (Å²) in [6.45, 7) is 3.54. The molecule has 1 N–H and O–H groups in total. The number of carboxylic acids is 1. The van der Waals surface area contributed by atoms with Crippen molar-refractivity contribution in [2.75, 3.05) is 13.1 Å². The summed E-state index contributed by atoms with van der Waals surface area (Å²) in [5.74, 6) is -1.32. The van der Waals surface area contributed by atoms with E-state index in [0.717, 1.165) is 5.56 Å². The Kier molecular flexibility index (Phi) is 3.46. The molecule has 18 heavy (non-hydrogen) atoms. The second-order valence-corrected chi connectivity index (χ2v) is 4.36. The van der Waals surface area contributed by atoms with Gasteiger partial charge in [0.25, 0.3) is 0 Å². The number of carbonyl (C=O) groups excluding carboxylic acids is 1. The molecule has 1 amide bonds. The smallest absolute Gasteiger partial charge is 0.323 e. The molecule has 94 valence electrons. The molecule has 1 aliphatic rings. The summed E-state index contributed by atoms with van der Waals surface area (Å²) in [4.78, 5) is 24.3. The minimum Gasteiger partial charge on any atom is -0.480 e. The first-order chi connectivity index (χ1) is 8.63. The number of amides is 1. The van der Waals surface area contributed by atoms with Gasteiger partial charge in [-0.25, -0.2) is 0 Å². The summed E-state index contributed by atoms with van der Waals surface area (Å²) in [6.07, 6.45) is 2.24. The quantitative estimate of drug-likeness (QED) is 0.798. The van der Waals surface area contributed by atoms with E-state index < -0.39 is 5.97 Å². The van der Waals surface area contributed by atoms with Gasteiger partial charge in [0, 0.05) is 6.54 Å². The van der Waals surface area contributed by atoms with Crippen molar-refractivity contribution in [1.82, 2.24) is 4.90 Å². The van der Waals surface area contributed by atoms with E-state index in [-0.39, 0.29) is 24.9 Å². The Bertz CT molecular complexity index is 496. The molecule has 0 spiro atoms. The normalized spacial score (nSPS) is 16.3. The number of hydrogen-bond donors (Lipinski definition) is 1. The van der Waals surface area contributed by atoms with Crippen LogP contribution in [0.5, 0.6) is 0 Å². The summed E-state index contributed by atoms with van der Waals surface area (Å²) >= 11 is 0. The topological polar surface area (TPSA) is 57.6 Å². The number of hydrogen-bond acceptors (Lipinski definition) is 2. The highest BCUT2D eigenvalue weighted by atomic mass is 16.4. The molecule has 0 saturated carbocycles. The molecule has 4 heteroatoms. The van der Waals surface area contributed by atoms with Crippen LogP contribution in [0.25, 0.3) is 0 Å². The molecule has 1 atom stereocenters. The summed E-state index contributed by atoms with van der Waals surface area (Å²) in [7, 11) is 0. The van der Waals surface area contributed by atoms with Crippen molar-refractivity contribution >= 4 is 11.9 Å². The van der Waals surface area contributed by atoms with Crippen molar-refractivity contribution in [2.45, 2.75) is 12.3 Å². The Labute approximate surface area is 106 Å². The van der Waals surface area contributed by atoms with Gasteiger partial charge < -0.3 is 10.0 Å². The molecular weight excluding hydrogens is 230 g/mol. The van der Waals surface area contributed by atoms with E-state index in [1.165, 1.54) is 10.5 Å². The Balaban J connectivity index is 2.11. The van der Waals surface area contributed by atoms with Crippen LogP contribution in [-0.4, -0.2) is 35.0 Å². The lowest BCUT2D eigenvalue weighted by atomic mass is 9.77. The van der Waals surface area contributed by atoms with Crippen molar-refractivity contribution in [3.05, 3.63) is 48.0 Å². The van der Waals surface area contributed by atoms with Crippen molar-refractivity contribution in [3.63, 3.8) is 0 Å². The van der Waals surface area contributed by atoms with Crippen LogP contribution >= 0.6 is 0 Å². The van der Waals surface area contributed by atoms with Crippen molar-refractivity contribution in [2.24, 2.45) is 0 Å². The maximum atomic E-state index is 12.2. The third-order valence-electron chi connectivity index (χ3n) is 3.14. The maximum absolute atomic E-state index is 12.2. The Morgan fingerprint density at radius 3 is 2.78 bits per heavy atom. The fraction of sp³-hybridized carbons (Fsp3) is 0.286. The van der Waals surface area contributed by atoms with Gasteiger partial charge in [0.1, 0.15) is 6.54 Å². The first kappa shape index (κ1) is 12.4. The third-order valence-corrected chi connectivity index (χ3v) is 3.14. The molecule has 1 unspecified atom stereocenters. The van der Waals surface area contributed by atoms with Crippen LogP contribution in [0, 0.1) is 0 Å². The van der Waals surface area contributed by atoms with Crippen LogP contribution in [0.15, 0.2) is 36.9 Å². The van der Waals surface area contributed by atoms with E-state index in [1.54, 1.807) is 6.08 Å². The minimum absolute atomic E-state index is 0.129. The van der Waals surface area contributed by atoms with E-state index in [4.69, 9.17) is 5.11 Å². The molecular formula is C14H15NO3. The summed E-state index contributed by atoms with van der Waals surface area (Å²) < 4.78 is 0. The number of carboxylic acid groups (broad SMARTS) is 1. The fourth-order valence-corrected chi connectivity index (χ4v) is 2.25. The third kappa shape index (κ3) is 2.27. The molecule has 0 aromatic heterocycles. The van der Waals surface area contributed by atoms with E-state index in [0.29, 0.717) is 6.42 Å². The fourth-order valence-electron chi connectivity index (χ4n) is 2.25. The number of carbonyl (C=O) groups is 2. The minimum atomic E-state index is -1.00. The number of aliphatic carboxylic acids is 1. The highest BCUT2D eigenvalue weighted by molar-refractivity contribution is 5.89. The number of rotatable bonds is 5. The van der Waals surface area contributed by atoms with Gasteiger partial charge in [-0.3, -0.25) is 9.59 Å². The maximum Gasteiger partial charge on any atom is 0.323 e. The van der Waals surface area contributed by atoms with E-state index in [2.05, 4.69) is 6.58 Å². The second kappa shape index (κ2) is 5.04. The SMILES string of the molecule is C=CCN(CC(=O)O)C(=O)C1Cc2ccccc21. The largest absolute Gasteiger partial charge is 0.480 e. The molecule has 2 rings (SSSR count). The molecule has 0 bridgehead atoms. The molecule has 0 heterocycles. The lowest BCUT2D eigenvalue weighted by Crippen LogP contribution is -2.42. The van der Waals surface area contributed by atoms with Crippen LogP contribution in [0.4, 0.5) is 0 Å². The van der Waals surface area contributed by atoms with Crippen LogP contribution in [0.1, 0.15) is 17.0 Å². The zero-order valence-corrected chi connectivity index (χ0v) is 10.0. The van der Waals surface area contributed by atoms with Gasteiger partial charge in [0.15, 0.2) is 0 Å². The van der Waals surface area contributed by atoms with E-state index in [9.17, 15) is 9.59 Å². The molecule has 1 aromatic carbocycles. The Morgan fingerprint density at radius 2 is 2.17 bits per heavy atom. The monoisotopic (exact) mass is 245 g/mol. The predicted molar refractivity (Wildman–Crippen MR) is 67.3 cm³/mol. The van der Waals surface area contributed by atoms with E-state index >= 15 is 0 Å². The molecule has 4 nitrogen and oxygen atoms in total. The average Bonchev–Trinajstić information content (AvgIpc) is 2.29. The highest BCUT2D eigenvalue weighted by Gasteiger charge is 2.34. The number of benzene rings is 1. The summed E-state index contributed by atoms with van der Waals surface area (Å²) in [5, 5.41) is 8.80. The zero-order valence-electron chi connectivity index (χ0n) is 10.0. The van der Waals surface area contributed by atoms with Crippen LogP contribution in [-0.2, 0) is 16.0 Å². The van der Waals surface area contributed by atoms with Gasteiger partial charge in [-0.1, -0.05) is 30.3 Å². The molecule has 0 saturated heterocycles. The van der Waals surface area contributed by atoms with Gasteiger partial charge in [0.2, 0.25) is 5.91 Å². The number of nitrogens with zero attached hydrogens (tertiary/aromatic N) is 1. The first-order valence-corrected chi connectivity index (χ1v) is 5.82.